The third-order valence-electron chi connectivity index (χ3n) is 8.68. The Hall–Kier alpha value is -3.76. The van der Waals surface area contributed by atoms with Crippen molar-refractivity contribution in [3.8, 4) is 11.1 Å². The predicted molar refractivity (Wildman–Crippen MR) is 159 cm³/mol. The number of piperidine rings is 1. The highest BCUT2D eigenvalue weighted by atomic mass is 16.2. The molecule has 0 saturated carbocycles. The number of benzene rings is 3. The van der Waals surface area contributed by atoms with Crippen LogP contribution in [0.25, 0.3) is 11.1 Å². The summed E-state index contributed by atoms with van der Waals surface area (Å²) in [6.45, 7) is 11.4. The van der Waals surface area contributed by atoms with Crippen molar-refractivity contribution >= 4 is 17.3 Å². The highest BCUT2D eigenvalue weighted by Crippen LogP contribution is 2.50. The quantitative estimate of drug-likeness (QED) is 0.281. The maximum Gasteiger partial charge on any atom is 0.242 e. The number of amides is 1. The molecule has 6 rings (SSSR count). The van der Waals surface area contributed by atoms with E-state index in [1.807, 2.05) is 23.2 Å². The lowest BCUT2D eigenvalue weighted by molar-refractivity contribution is -0.124. The molecule has 1 saturated heterocycles. The lowest BCUT2D eigenvalue weighted by Crippen LogP contribution is -2.47. The minimum Gasteiger partial charge on any atom is -0.297 e. The fraction of sp³-hybridized carbons (Fsp3) is 0.314. The Kier molecular flexibility index (Phi) is 6.39. The van der Waals surface area contributed by atoms with Gasteiger partial charge in [0.25, 0.3) is 0 Å². The van der Waals surface area contributed by atoms with Gasteiger partial charge in [0, 0.05) is 18.4 Å². The van der Waals surface area contributed by atoms with Crippen LogP contribution in [0, 0.1) is 6.92 Å². The number of pyridine rings is 1. The van der Waals surface area contributed by atoms with Crippen LogP contribution in [0.15, 0.2) is 91.1 Å². The van der Waals surface area contributed by atoms with Gasteiger partial charge in [-0.25, -0.2) is 0 Å². The molecule has 0 aliphatic carbocycles. The molecule has 0 atom stereocenters. The molecule has 4 nitrogen and oxygen atoms in total. The minimum atomic E-state index is -0.465. The zero-order valence-corrected chi connectivity index (χ0v) is 23.4. The summed E-state index contributed by atoms with van der Waals surface area (Å²) in [4.78, 5) is 23.2. The third kappa shape index (κ3) is 4.57. The monoisotopic (exact) mass is 515 g/mol. The Morgan fingerprint density at radius 3 is 2.10 bits per heavy atom. The fourth-order valence-corrected chi connectivity index (χ4v) is 6.21. The van der Waals surface area contributed by atoms with E-state index in [9.17, 15) is 4.79 Å². The molecular weight excluding hydrogens is 478 g/mol. The van der Waals surface area contributed by atoms with E-state index in [0.29, 0.717) is 0 Å². The van der Waals surface area contributed by atoms with Crippen LogP contribution in [0.5, 0.6) is 0 Å². The highest BCUT2D eigenvalue weighted by Gasteiger charge is 2.52. The lowest BCUT2D eigenvalue weighted by atomic mass is 9.73. The van der Waals surface area contributed by atoms with Crippen molar-refractivity contribution in [2.24, 2.45) is 0 Å². The molecule has 1 spiro atoms. The van der Waals surface area contributed by atoms with Crippen molar-refractivity contribution in [1.82, 2.24) is 9.88 Å². The predicted octanol–water partition coefficient (Wildman–Crippen LogP) is 7.57. The Morgan fingerprint density at radius 2 is 1.46 bits per heavy atom. The molecule has 4 aromatic rings. The molecule has 1 aromatic heterocycles. The summed E-state index contributed by atoms with van der Waals surface area (Å²) >= 11 is 0. The van der Waals surface area contributed by atoms with Crippen LogP contribution in [-0.2, 0) is 22.2 Å². The zero-order valence-electron chi connectivity index (χ0n) is 23.4. The number of para-hydroxylation sites is 1. The second-order valence-electron chi connectivity index (χ2n) is 12.2. The van der Waals surface area contributed by atoms with Crippen LogP contribution in [0.4, 0.5) is 11.4 Å². The normalized spacial score (nSPS) is 17.0. The fourth-order valence-electron chi connectivity index (χ4n) is 6.21. The summed E-state index contributed by atoms with van der Waals surface area (Å²) in [5.74, 6) is 0.208. The van der Waals surface area contributed by atoms with Gasteiger partial charge in [-0.15, -0.1) is 0 Å². The molecular formula is C35H37N3O. The second kappa shape index (κ2) is 9.77. The summed E-state index contributed by atoms with van der Waals surface area (Å²) in [5.41, 5.74) is 8.83. The molecule has 0 unspecified atom stereocenters. The van der Waals surface area contributed by atoms with Crippen LogP contribution in [0.1, 0.15) is 56.0 Å². The molecule has 2 aliphatic heterocycles. The number of hydrogen-bond donors (Lipinski definition) is 0. The number of hydrogen-bond acceptors (Lipinski definition) is 3. The van der Waals surface area contributed by atoms with Gasteiger partial charge in [-0.1, -0.05) is 81.4 Å². The average molecular weight is 516 g/mol. The van der Waals surface area contributed by atoms with Crippen molar-refractivity contribution in [2.45, 2.75) is 57.9 Å². The Labute approximate surface area is 232 Å². The molecule has 2 aliphatic rings. The number of fused-ring (bicyclic) bond motifs is 2. The van der Waals surface area contributed by atoms with Gasteiger partial charge >= 0.3 is 0 Å². The Balaban J connectivity index is 1.24. The van der Waals surface area contributed by atoms with Gasteiger partial charge in [-0.05, 0) is 90.4 Å². The van der Waals surface area contributed by atoms with Crippen molar-refractivity contribution in [3.05, 3.63) is 114 Å². The molecule has 0 N–H and O–H groups in total. The van der Waals surface area contributed by atoms with Gasteiger partial charge in [-0.2, -0.15) is 0 Å². The number of carbonyl (C=O) groups is 1. The zero-order chi connectivity index (χ0) is 27.2. The molecule has 0 radical (unpaired) electrons. The average Bonchev–Trinajstić information content (AvgIpc) is 3.18. The second-order valence-corrected chi connectivity index (χ2v) is 12.2. The maximum atomic E-state index is 14.2. The number of anilines is 2. The minimum absolute atomic E-state index is 0.134. The third-order valence-corrected chi connectivity index (χ3v) is 8.68. The van der Waals surface area contributed by atoms with Gasteiger partial charge in [0.05, 0.1) is 16.8 Å². The van der Waals surface area contributed by atoms with E-state index in [1.165, 1.54) is 22.3 Å². The number of aromatic nitrogens is 1. The van der Waals surface area contributed by atoms with E-state index < -0.39 is 5.41 Å². The first-order valence-corrected chi connectivity index (χ1v) is 14.0. The molecule has 3 heterocycles. The standard InChI is InChI=1S/C35H37N3O/c1-25-8-7-21-36-31(25)24-37-22-19-35(20-23-37)30-9-5-6-10-32(30)38(33(35)39)29-17-13-27(14-18-29)26-11-15-28(16-12-26)34(2,3)4/h5-18,21H,19-20,22-24H2,1-4H3. The summed E-state index contributed by atoms with van der Waals surface area (Å²) in [7, 11) is 0. The first-order valence-electron chi connectivity index (χ1n) is 14.0. The smallest absolute Gasteiger partial charge is 0.242 e. The first kappa shape index (κ1) is 25.5. The van der Waals surface area contributed by atoms with Crippen molar-refractivity contribution in [1.29, 1.82) is 0 Å². The number of carbonyl (C=O) groups excluding carboxylic acids is 1. The van der Waals surface area contributed by atoms with Gasteiger partial charge < -0.3 is 0 Å². The van der Waals surface area contributed by atoms with Gasteiger partial charge in [-0.3, -0.25) is 19.6 Å². The van der Waals surface area contributed by atoms with E-state index in [4.69, 9.17) is 0 Å². The van der Waals surface area contributed by atoms with Crippen LogP contribution in [0.3, 0.4) is 0 Å². The number of aryl methyl sites for hydroxylation is 1. The number of rotatable bonds is 4. The van der Waals surface area contributed by atoms with Crippen molar-refractivity contribution < 1.29 is 4.79 Å². The molecule has 198 valence electrons. The summed E-state index contributed by atoms with van der Waals surface area (Å²) < 4.78 is 0. The molecule has 4 heteroatoms. The number of likely N-dealkylation sites (tertiary alicyclic amines) is 1. The molecule has 39 heavy (non-hydrogen) atoms. The van der Waals surface area contributed by atoms with Crippen molar-refractivity contribution in [2.75, 3.05) is 18.0 Å². The topological polar surface area (TPSA) is 36.4 Å². The van der Waals surface area contributed by atoms with E-state index in [2.05, 4.69) is 110 Å². The Morgan fingerprint density at radius 1 is 0.821 bits per heavy atom. The lowest BCUT2D eigenvalue weighted by Gasteiger charge is -2.38. The van der Waals surface area contributed by atoms with Gasteiger partial charge in [0.15, 0.2) is 0 Å². The van der Waals surface area contributed by atoms with E-state index in [0.717, 1.165) is 55.1 Å². The van der Waals surface area contributed by atoms with Gasteiger partial charge in [0.1, 0.15) is 0 Å². The van der Waals surface area contributed by atoms with E-state index in [1.54, 1.807) is 0 Å². The maximum absolute atomic E-state index is 14.2. The van der Waals surface area contributed by atoms with Crippen LogP contribution in [0.2, 0.25) is 0 Å². The largest absolute Gasteiger partial charge is 0.297 e. The van der Waals surface area contributed by atoms with E-state index >= 15 is 0 Å². The van der Waals surface area contributed by atoms with Crippen LogP contribution >= 0.6 is 0 Å². The summed E-state index contributed by atoms with van der Waals surface area (Å²) in [5, 5.41) is 0. The van der Waals surface area contributed by atoms with E-state index in [-0.39, 0.29) is 11.3 Å². The molecule has 1 fully saturated rings. The van der Waals surface area contributed by atoms with Crippen LogP contribution < -0.4 is 4.90 Å². The summed E-state index contributed by atoms with van der Waals surface area (Å²) in [6, 6.07) is 29.8. The highest BCUT2D eigenvalue weighted by molar-refractivity contribution is 6.13. The summed E-state index contributed by atoms with van der Waals surface area (Å²) in [6.07, 6.45) is 3.52. The van der Waals surface area contributed by atoms with Crippen molar-refractivity contribution in [3.63, 3.8) is 0 Å². The molecule has 3 aromatic carbocycles. The Bertz CT molecular complexity index is 1490. The first-order chi connectivity index (χ1) is 18.8. The van der Waals surface area contributed by atoms with Crippen LogP contribution in [-0.4, -0.2) is 28.9 Å². The SMILES string of the molecule is Cc1cccnc1CN1CCC2(CC1)C(=O)N(c1ccc(-c3ccc(C(C)(C)C)cc3)cc1)c1ccccc12. The molecule has 0 bridgehead atoms. The molecule has 1 amide bonds. The number of nitrogens with zero attached hydrogens (tertiary/aromatic N) is 3. The van der Waals surface area contributed by atoms with Gasteiger partial charge in [0.2, 0.25) is 5.91 Å².